The molecule has 1 aliphatic carbocycles. The largest absolute Gasteiger partial charge is 0.481 e. The molecule has 0 atom stereocenters. The maximum atomic E-state index is 10.8. The molecule has 0 unspecified atom stereocenters. The zero-order valence-electron chi connectivity index (χ0n) is 10.6. The smallest absolute Gasteiger partial charge is 0.306 e. The molecule has 1 saturated carbocycles. The first kappa shape index (κ1) is 13.5. The van der Waals surface area contributed by atoms with Gasteiger partial charge in [0.1, 0.15) is 0 Å². The lowest BCUT2D eigenvalue weighted by Gasteiger charge is -2.33. The van der Waals surface area contributed by atoms with Crippen LogP contribution in [0.5, 0.6) is 0 Å². The topological polar surface area (TPSA) is 40.5 Å². The summed E-state index contributed by atoms with van der Waals surface area (Å²) in [4.78, 5) is 13.3. The van der Waals surface area contributed by atoms with Gasteiger partial charge in [0.05, 0.1) is 5.92 Å². The fraction of sp³-hybridized carbons (Fsp3) is 0.923. The number of nitrogens with zero attached hydrogens (tertiary/aromatic N) is 1. The van der Waals surface area contributed by atoms with E-state index in [1.165, 1.54) is 19.3 Å². The highest BCUT2D eigenvalue weighted by molar-refractivity contribution is 5.70. The van der Waals surface area contributed by atoms with Crippen LogP contribution in [0.4, 0.5) is 0 Å². The summed E-state index contributed by atoms with van der Waals surface area (Å²) in [6, 6.07) is 0.618. The molecule has 1 aliphatic rings. The minimum absolute atomic E-state index is 0.0831. The molecule has 0 radical (unpaired) electrons. The van der Waals surface area contributed by atoms with E-state index in [1.54, 1.807) is 0 Å². The van der Waals surface area contributed by atoms with Crippen molar-refractivity contribution in [1.29, 1.82) is 0 Å². The van der Waals surface area contributed by atoms with Gasteiger partial charge in [-0.2, -0.15) is 0 Å². The van der Waals surface area contributed by atoms with Gasteiger partial charge in [-0.05, 0) is 45.7 Å². The number of carbonyl (C=O) groups is 1. The van der Waals surface area contributed by atoms with Crippen molar-refractivity contribution >= 4 is 5.97 Å². The molecule has 0 amide bonds. The van der Waals surface area contributed by atoms with Crippen LogP contribution >= 0.6 is 0 Å². The number of aliphatic carboxylic acids is 1. The SMILES string of the molecule is CCCCCN(C)C1CCC(C(=O)O)CC1. The van der Waals surface area contributed by atoms with Gasteiger partial charge in [-0.1, -0.05) is 19.8 Å². The summed E-state index contributed by atoms with van der Waals surface area (Å²) in [5.41, 5.74) is 0. The Morgan fingerprint density at radius 2 is 1.88 bits per heavy atom. The highest BCUT2D eigenvalue weighted by Gasteiger charge is 2.27. The summed E-state index contributed by atoms with van der Waals surface area (Å²) < 4.78 is 0. The van der Waals surface area contributed by atoms with E-state index >= 15 is 0 Å². The summed E-state index contributed by atoms with van der Waals surface area (Å²) >= 11 is 0. The normalized spacial score (nSPS) is 25.9. The fourth-order valence-electron chi connectivity index (χ4n) is 2.56. The van der Waals surface area contributed by atoms with Crippen LogP contribution in [0.2, 0.25) is 0 Å². The number of hydrogen-bond acceptors (Lipinski definition) is 2. The van der Waals surface area contributed by atoms with Crippen molar-refractivity contribution in [2.45, 2.75) is 57.9 Å². The van der Waals surface area contributed by atoms with Gasteiger partial charge in [0.15, 0.2) is 0 Å². The average molecular weight is 227 g/mol. The van der Waals surface area contributed by atoms with Crippen molar-refractivity contribution in [2.75, 3.05) is 13.6 Å². The van der Waals surface area contributed by atoms with E-state index in [4.69, 9.17) is 5.11 Å². The van der Waals surface area contributed by atoms with E-state index in [1.807, 2.05) is 0 Å². The number of rotatable bonds is 6. The third-order valence-corrected chi connectivity index (χ3v) is 3.78. The summed E-state index contributed by atoms with van der Waals surface area (Å²) in [5.74, 6) is -0.688. The van der Waals surface area contributed by atoms with Crippen molar-refractivity contribution in [2.24, 2.45) is 5.92 Å². The van der Waals surface area contributed by atoms with E-state index in [-0.39, 0.29) is 5.92 Å². The molecule has 1 fully saturated rings. The number of hydrogen-bond donors (Lipinski definition) is 1. The zero-order chi connectivity index (χ0) is 12.0. The molecule has 0 aliphatic heterocycles. The maximum Gasteiger partial charge on any atom is 0.306 e. The molecule has 0 aromatic heterocycles. The number of carboxylic acids is 1. The molecule has 16 heavy (non-hydrogen) atoms. The first-order valence-electron chi connectivity index (χ1n) is 6.58. The van der Waals surface area contributed by atoms with Crippen LogP contribution < -0.4 is 0 Å². The van der Waals surface area contributed by atoms with Gasteiger partial charge in [-0.15, -0.1) is 0 Å². The summed E-state index contributed by atoms with van der Waals surface area (Å²) in [7, 11) is 2.18. The molecule has 0 spiro atoms. The molecule has 0 saturated heterocycles. The lowest BCUT2D eigenvalue weighted by atomic mass is 9.85. The molecule has 1 rings (SSSR count). The predicted molar refractivity (Wildman–Crippen MR) is 65.5 cm³/mol. The van der Waals surface area contributed by atoms with Crippen LogP contribution in [0.15, 0.2) is 0 Å². The van der Waals surface area contributed by atoms with Gasteiger partial charge in [0.2, 0.25) is 0 Å². The van der Waals surface area contributed by atoms with Crippen molar-refractivity contribution in [1.82, 2.24) is 4.90 Å². The average Bonchev–Trinajstić information content (AvgIpc) is 2.29. The van der Waals surface area contributed by atoms with Crippen LogP contribution in [-0.2, 0) is 4.79 Å². The van der Waals surface area contributed by atoms with Gasteiger partial charge in [-0.25, -0.2) is 0 Å². The quantitative estimate of drug-likeness (QED) is 0.709. The minimum atomic E-state index is -0.605. The standard InChI is InChI=1S/C13H25NO2/c1-3-4-5-10-14(2)12-8-6-11(7-9-12)13(15)16/h11-12H,3-10H2,1-2H3,(H,15,16). The van der Waals surface area contributed by atoms with E-state index in [0.29, 0.717) is 6.04 Å². The van der Waals surface area contributed by atoms with E-state index in [9.17, 15) is 4.79 Å². The lowest BCUT2D eigenvalue weighted by molar-refractivity contribution is -0.143. The molecule has 1 N–H and O–H groups in total. The Labute approximate surface area is 98.8 Å². The van der Waals surface area contributed by atoms with E-state index in [0.717, 1.165) is 32.2 Å². The predicted octanol–water partition coefficient (Wildman–Crippen LogP) is 2.75. The second-order valence-corrected chi connectivity index (χ2v) is 5.03. The first-order valence-corrected chi connectivity index (χ1v) is 6.58. The summed E-state index contributed by atoms with van der Waals surface area (Å²) in [6.07, 6.45) is 7.66. The van der Waals surface area contributed by atoms with Gasteiger partial charge in [0.25, 0.3) is 0 Å². The third-order valence-electron chi connectivity index (χ3n) is 3.78. The Morgan fingerprint density at radius 1 is 1.25 bits per heavy atom. The molecule has 0 aromatic rings. The minimum Gasteiger partial charge on any atom is -0.481 e. The van der Waals surface area contributed by atoms with Crippen molar-refractivity contribution in [3.05, 3.63) is 0 Å². The monoisotopic (exact) mass is 227 g/mol. The second-order valence-electron chi connectivity index (χ2n) is 5.03. The second kappa shape index (κ2) is 6.89. The van der Waals surface area contributed by atoms with Gasteiger partial charge < -0.3 is 10.0 Å². The summed E-state index contributed by atoms with van der Waals surface area (Å²) in [6.45, 7) is 3.38. The van der Waals surface area contributed by atoms with Crippen LogP contribution in [-0.4, -0.2) is 35.6 Å². The number of unbranched alkanes of at least 4 members (excludes halogenated alkanes) is 2. The van der Waals surface area contributed by atoms with Crippen molar-refractivity contribution < 1.29 is 9.90 Å². The maximum absolute atomic E-state index is 10.8. The van der Waals surface area contributed by atoms with Crippen LogP contribution in [0.25, 0.3) is 0 Å². The van der Waals surface area contributed by atoms with Crippen LogP contribution in [0, 0.1) is 5.92 Å². The molecule has 94 valence electrons. The molecular formula is C13H25NO2. The van der Waals surface area contributed by atoms with Gasteiger partial charge >= 0.3 is 5.97 Å². The highest BCUT2D eigenvalue weighted by Crippen LogP contribution is 2.27. The molecule has 3 nitrogen and oxygen atoms in total. The number of carboxylic acid groups (broad SMARTS) is 1. The Balaban J connectivity index is 2.22. The molecule has 3 heteroatoms. The Morgan fingerprint density at radius 3 is 2.38 bits per heavy atom. The van der Waals surface area contributed by atoms with Gasteiger partial charge in [0, 0.05) is 6.04 Å². The Kier molecular flexibility index (Phi) is 5.81. The van der Waals surface area contributed by atoms with E-state index < -0.39 is 5.97 Å². The van der Waals surface area contributed by atoms with Crippen LogP contribution in [0.3, 0.4) is 0 Å². The van der Waals surface area contributed by atoms with Gasteiger partial charge in [-0.3, -0.25) is 4.79 Å². The third kappa shape index (κ3) is 4.12. The van der Waals surface area contributed by atoms with Crippen molar-refractivity contribution in [3.63, 3.8) is 0 Å². The molecule has 0 bridgehead atoms. The zero-order valence-corrected chi connectivity index (χ0v) is 10.6. The molecule has 0 aromatic carbocycles. The van der Waals surface area contributed by atoms with Crippen LogP contribution in [0.1, 0.15) is 51.9 Å². The fourth-order valence-corrected chi connectivity index (χ4v) is 2.56. The highest BCUT2D eigenvalue weighted by atomic mass is 16.4. The Hall–Kier alpha value is -0.570. The van der Waals surface area contributed by atoms with E-state index in [2.05, 4.69) is 18.9 Å². The summed E-state index contributed by atoms with van der Waals surface area (Å²) in [5, 5.41) is 8.92. The first-order chi connectivity index (χ1) is 7.65. The molecule has 0 heterocycles. The lowest BCUT2D eigenvalue weighted by Crippen LogP contribution is -2.37. The Bertz CT molecular complexity index is 210. The molecular weight excluding hydrogens is 202 g/mol. The van der Waals surface area contributed by atoms with Crippen molar-refractivity contribution in [3.8, 4) is 0 Å².